The van der Waals surface area contributed by atoms with Crippen molar-refractivity contribution in [2.45, 2.75) is 18.4 Å². The van der Waals surface area contributed by atoms with Crippen LogP contribution in [0.1, 0.15) is 45.4 Å². The predicted octanol–water partition coefficient (Wildman–Crippen LogP) is 3.46. The summed E-state index contributed by atoms with van der Waals surface area (Å²) in [6.07, 6.45) is 0.427. The van der Waals surface area contributed by atoms with E-state index in [1.165, 1.54) is 17.0 Å². The number of carboxylic acids is 1. The molecule has 0 fully saturated rings. The molecule has 9 heteroatoms. The van der Waals surface area contributed by atoms with Gasteiger partial charge in [0.2, 0.25) is 0 Å². The lowest BCUT2D eigenvalue weighted by atomic mass is 9.79. The van der Waals surface area contributed by atoms with Crippen molar-refractivity contribution >= 4 is 29.2 Å². The number of rotatable bonds is 6. The van der Waals surface area contributed by atoms with Crippen LogP contribution in [0.3, 0.4) is 0 Å². The molecule has 0 saturated heterocycles. The number of hydrogen-bond acceptors (Lipinski definition) is 5. The van der Waals surface area contributed by atoms with E-state index < -0.39 is 28.8 Å². The molecule has 1 N–H and O–H groups in total. The maximum absolute atomic E-state index is 13.2. The van der Waals surface area contributed by atoms with E-state index in [0.29, 0.717) is 17.5 Å². The second kappa shape index (κ2) is 8.29. The first-order chi connectivity index (χ1) is 13.9. The Hall–Kier alpha value is -3.44. The maximum Gasteiger partial charge on any atom is 0.313 e. The van der Waals surface area contributed by atoms with Crippen molar-refractivity contribution in [3.63, 3.8) is 0 Å². The molecule has 29 heavy (non-hydrogen) atoms. The third kappa shape index (κ3) is 3.77. The molecule has 1 amide bonds. The second-order valence-electron chi connectivity index (χ2n) is 6.56. The van der Waals surface area contributed by atoms with Gasteiger partial charge in [-0.1, -0.05) is 18.2 Å². The summed E-state index contributed by atoms with van der Waals surface area (Å²) < 4.78 is 0. The number of nitriles is 1. The van der Waals surface area contributed by atoms with Crippen LogP contribution in [0.5, 0.6) is 0 Å². The Morgan fingerprint density at radius 2 is 1.97 bits per heavy atom. The SMILES string of the molecule is N#Cc1ccc([C@@H]2[C@@H](C(=O)O)c3ccc([N+](=O)[O-])cc3C(=O)N2CCCCl)cc1. The number of nitro groups is 1. The van der Waals surface area contributed by atoms with Crippen LogP contribution < -0.4 is 0 Å². The van der Waals surface area contributed by atoms with Crippen molar-refractivity contribution in [2.75, 3.05) is 12.4 Å². The van der Waals surface area contributed by atoms with Gasteiger partial charge in [0.15, 0.2) is 0 Å². The highest BCUT2D eigenvalue weighted by atomic mass is 35.5. The zero-order chi connectivity index (χ0) is 21.1. The van der Waals surface area contributed by atoms with Gasteiger partial charge in [0, 0.05) is 24.6 Å². The average molecular weight is 414 g/mol. The molecule has 0 unspecified atom stereocenters. The molecule has 0 aliphatic carbocycles. The first-order valence-electron chi connectivity index (χ1n) is 8.77. The van der Waals surface area contributed by atoms with Crippen LogP contribution >= 0.6 is 11.6 Å². The van der Waals surface area contributed by atoms with Crippen LogP contribution in [0.2, 0.25) is 0 Å². The Balaban J connectivity index is 2.20. The summed E-state index contributed by atoms with van der Waals surface area (Å²) in [7, 11) is 0. The lowest BCUT2D eigenvalue weighted by Gasteiger charge is -2.40. The van der Waals surface area contributed by atoms with Gasteiger partial charge in [-0.05, 0) is 29.7 Å². The molecule has 8 nitrogen and oxygen atoms in total. The van der Waals surface area contributed by atoms with Gasteiger partial charge in [0.1, 0.15) is 5.92 Å². The first kappa shape index (κ1) is 20.3. The molecule has 3 rings (SSSR count). The fourth-order valence-corrected chi connectivity index (χ4v) is 3.73. The average Bonchev–Trinajstić information content (AvgIpc) is 2.72. The number of nitro benzene ring substituents is 1. The van der Waals surface area contributed by atoms with E-state index >= 15 is 0 Å². The van der Waals surface area contributed by atoms with E-state index in [-0.39, 0.29) is 29.2 Å². The molecule has 0 radical (unpaired) electrons. The van der Waals surface area contributed by atoms with Gasteiger partial charge in [-0.25, -0.2) is 0 Å². The fraction of sp³-hybridized carbons (Fsp3) is 0.250. The minimum Gasteiger partial charge on any atom is -0.481 e. The number of hydrogen-bond donors (Lipinski definition) is 1. The molecule has 0 aromatic heterocycles. The van der Waals surface area contributed by atoms with Crippen molar-refractivity contribution in [2.24, 2.45) is 0 Å². The van der Waals surface area contributed by atoms with E-state index in [0.717, 1.165) is 6.07 Å². The Morgan fingerprint density at radius 3 is 2.52 bits per heavy atom. The van der Waals surface area contributed by atoms with Gasteiger partial charge < -0.3 is 10.0 Å². The van der Waals surface area contributed by atoms with Gasteiger partial charge in [-0.2, -0.15) is 5.26 Å². The van der Waals surface area contributed by atoms with Gasteiger partial charge >= 0.3 is 5.97 Å². The number of nitrogens with zero attached hydrogens (tertiary/aromatic N) is 3. The molecule has 0 spiro atoms. The Kier molecular flexibility index (Phi) is 5.80. The zero-order valence-electron chi connectivity index (χ0n) is 15.1. The summed E-state index contributed by atoms with van der Waals surface area (Å²) in [4.78, 5) is 37.3. The number of amides is 1. The van der Waals surface area contributed by atoms with Gasteiger partial charge in [0.25, 0.3) is 11.6 Å². The van der Waals surface area contributed by atoms with Crippen molar-refractivity contribution in [1.82, 2.24) is 4.90 Å². The molecule has 148 valence electrons. The molecule has 1 aliphatic heterocycles. The van der Waals surface area contributed by atoms with Crippen LogP contribution in [0.15, 0.2) is 42.5 Å². The smallest absolute Gasteiger partial charge is 0.313 e. The summed E-state index contributed by atoms with van der Waals surface area (Å²) in [6, 6.07) is 11.2. The van der Waals surface area contributed by atoms with E-state index in [1.54, 1.807) is 24.3 Å². The lowest BCUT2D eigenvalue weighted by molar-refractivity contribution is -0.384. The maximum atomic E-state index is 13.2. The first-order valence-corrected chi connectivity index (χ1v) is 9.30. The highest BCUT2D eigenvalue weighted by Gasteiger charge is 2.44. The second-order valence-corrected chi connectivity index (χ2v) is 6.94. The van der Waals surface area contributed by atoms with E-state index in [2.05, 4.69) is 0 Å². The topological polar surface area (TPSA) is 125 Å². The van der Waals surface area contributed by atoms with Crippen molar-refractivity contribution < 1.29 is 19.6 Å². The van der Waals surface area contributed by atoms with E-state index in [1.807, 2.05) is 6.07 Å². The van der Waals surface area contributed by atoms with Crippen molar-refractivity contribution in [3.05, 3.63) is 74.8 Å². The van der Waals surface area contributed by atoms with Crippen LogP contribution in [-0.4, -0.2) is 39.2 Å². The van der Waals surface area contributed by atoms with Gasteiger partial charge in [0.05, 0.1) is 28.2 Å². The van der Waals surface area contributed by atoms with Crippen LogP contribution in [0.4, 0.5) is 5.69 Å². The van der Waals surface area contributed by atoms with E-state index in [4.69, 9.17) is 16.9 Å². The Bertz CT molecular complexity index is 1020. The summed E-state index contributed by atoms with van der Waals surface area (Å²) in [5.74, 6) is -2.49. The lowest BCUT2D eigenvalue weighted by Crippen LogP contribution is -2.45. The molecule has 2 aromatic rings. The third-order valence-corrected chi connectivity index (χ3v) is 5.17. The minimum absolute atomic E-state index is 0.00562. The normalized spacial score (nSPS) is 18.1. The highest BCUT2D eigenvalue weighted by Crippen LogP contribution is 2.43. The summed E-state index contributed by atoms with van der Waals surface area (Å²) in [6.45, 7) is 0.193. The standard InChI is InChI=1S/C20H16ClN3O5/c21-8-1-9-23-18(13-4-2-12(11-22)3-5-13)17(20(26)27)15-7-6-14(24(28)29)10-16(15)19(23)25/h2-7,10,17-18H,1,8-9H2,(H,26,27)/t17-,18+/m0/s1. The zero-order valence-corrected chi connectivity index (χ0v) is 15.9. The summed E-state index contributed by atoms with van der Waals surface area (Å²) >= 11 is 5.79. The molecular formula is C20H16ClN3O5. The Labute approximate surface area is 171 Å². The van der Waals surface area contributed by atoms with Gasteiger partial charge in [-0.15, -0.1) is 11.6 Å². The fourth-order valence-electron chi connectivity index (χ4n) is 3.61. The monoisotopic (exact) mass is 413 g/mol. The number of halogens is 1. The Morgan fingerprint density at radius 1 is 1.28 bits per heavy atom. The highest BCUT2D eigenvalue weighted by molar-refractivity contribution is 6.17. The number of aliphatic carboxylic acids is 1. The third-order valence-electron chi connectivity index (χ3n) is 4.91. The van der Waals surface area contributed by atoms with Gasteiger partial charge in [-0.3, -0.25) is 19.7 Å². The number of carbonyl (C=O) groups excluding carboxylic acids is 1. The largest absolute Gasteiger partial charge is 0.481 e. The van der Waals surface area contributed by atoms with Crippen molar-refractivity contribution in [3.8, 4) is 6.07 Å². The van der Waals surface area contributed by atoms with Crippen LogP contribution in [0.25, 0.3) is 0 Å². The number of non-ortho nitro benzene ring substituents is 1. The van der Waals surface area contributed by atoms with E-state index in [9.17, 15) is 24.8 Å². The number of carbonyl (C=O) groups is 2. The van der Waals surface area contributed by atoms with Crippen molar-refractivity contribution in [1.29, 1.82) is 5.26 Å². The molecule has 0 bridgehead atoms. The molecule has 2 atom stereocenters. The summed E-state index contributed by atoms with van der Waals surface area (Å²) in [5, 5.41) is 30.1. The molecule has 2 aromatic carbocycles. The number of carboxylic acid groups (broad SMARTS) is 1. The van der Waals surface area contributed by atoms with Crippen LogP contribution in [-0.2, 0) is 4.79 Å². The summed E-state index contributed by atoms with van der Waals surface area (Å²) in [5.41, 5.74) is 0.917. The number of fused-ring (bicyclic) bond motifs is 1. The molecular weight excluding hydrogens is 398 g/mol. The quantitative estimate of drug-likeness (QED) is 0.439. The molecule has 1 aliphatic rings. The number of benzene rings is 2. The molecule has 1 heterocycles. The number of alkyl halides is 1. The van der Waals surface area contributed by atoms with Crippen LogP contribution in [0, 0.1) is 21.4 Å². The predicted molar refractivity (Wildman–Crippen MR) is 104 cm³/mol. The molecule has 0 saturated carbocycles. The minimum atomic E-state index is -1.15.